The third-order valence-corrected chi connectivity index (χ3v) is 3.26. The maximum Gasteiger partial charge on any atom is 0.407 e. The van der Waals surface area contributed by atoms with E-state index in [2.05, 4.69) is 21.2 Å². The molecule has 5 heteroatoms. The van der Waals surface area contributed by atoms with E-state index in [1.54, 1.807) is 6.92 Å². The van der Waals surface area contributed by atoms with Crippen LogP contribution < -0.4 is 5.32 Å². The van der Waals surface area contributed by atoms with Crippen LogP contribution in [0.3, 0.4) is 0 Å². The second-order valence-electron chi connectivity index (χ2n) is 4.04. The Balaban J connectivity index is 2.68. The summed E-state index contributed by atoms with van der Waals surface area (Å²) < 4.78 is 4.88. The van der Waals surface area contributed by atoms with Gasteiger partial charge in [0.2, 0.25) is 0 Å². The Labute approximate surface area is 121 Å². The molecule has 0 spiro atoms. The number of benzene rings is 1. The predicted octanol–water partition coefficient (Wildman–Crippen LogP) is 3.22. The molecule has 0 aliphatic heterocycles. The summed E-state index contributed by atoms with van der Waals surface area (Å²) in [5, 5.41) is 3.13. The molecular formula is C14H18BrNO3. The number of hydrogen-bond acceptors (Lipinski definition) is 3. The van der Waals surface area contributed by atoms with Gasteiger partial charge in [0.05, 0.1) is 18.0 Å². The Morgan fingerprint density at radius 3 is 2.58 bits per heavy atom. The molecule has 0 heterocycles. The van der Waals surface area contributed by atoms with Crippen LogP contribution in [0.1, 0.15) is 31.4 Å². The molecule has 19 heavy (non-hydrogen) atoms. The van der Waals surface area contributed by atoms with Gasteiger partial charge >= 0.3 is 6.09 Å². The van der Waals surface area contributed by atoms with Gasteiger partial charge in [0.25, 0.3) is 0 Å². The fourth-order valence-corrected chi connectivity index (χ4v) is 1.98. The van der Waals surface area contributed by atoms with Crippen LogP contribution in [0.15, 0.2) is 30.3 Å². The topological polar surface area (TPSA) is 55.4 Å². The van der Waals surface area contributed by atoms with Crippen LogP contribution in [-0.4, -0.2) is 23.8 Å². The molecule has 1 atom stereocenters. The number of hydrogen-bond donors (Lipinski definition) is 1. The Hall–Kier alpha value is -1.36. The average Bonchev–Trinajstić information content (AvgIpc) is 2.44. The van der Waals surface area contributed by atoms with Crippen molar-refractivity contribution < 1.29 is 14.3 Å². The van der Waals surface area contributed by atoms with E-state index < -0.39 is 6.09 Å². The highest BCUT2D eigenvalue weighted by Gasteiger charge is 2.16. The first-order valence-electron chi connectivity index (χ1n) is 6.23. The molecule has 0 aromatic heterocycles. The summed E-state index contributed by atoms with van der Waals surface area (Å²) in [6.07, 6.45) is 0.521. The highest BCUT2D eigenvalue weighted by atomic mass is 79.9. The SMILES string of the molecule is CCOC(=O)NC(CCC(=O)CBr)c1ccccc1. The van der Waals surface area contributed by atoms with Gasteiger partial charge in [-0.25, -0.2) is 4.79 Å². The number of amides is 1. The fourth-order valence-electron chi connectivity index (χ4n) is 1.69. The van der Waals surface area contributed by atoms with E-state index in [0.717, 1.165) is 5.56 Å². The first-order chi connectivity index (χ1) is 9.17. The van der Waals surface area contributed by atoms with Gasteiger partial charge in [-0.2, -0.15) is 0 Å². The van der Waals surface area contributed by atoms with E-state index in [0.29, 0.717) is 24.8 Å². The lowest BCUT2D eigenvalue weighted by atomic mass is 10.0. The van der Waals surface area contributed by atoms with E-state index in [-0.39, 0.29) is 11.8 Å². The molecule has 1 N–H and O–H groups in total. The summed E-state index contributed by atoms with van der Waals surface area (Å²) in [5.41, 5.74) is 0.970. The summed E-state index contributed by atoms with van der Waals surface area (Å²) in [7, 11) is 0. The highest BCUT2D eigenvalue weighted by Crippen LogP contribution is 2.18. The van der Waals surface area contributed by atoms with Crippen molar-refractivity contribution in [3.8, 4) is 0 Å². The van der Waals surface area contributed by atoms with Gasteiger partial charge in [-0.1, -0.05) is 46.3 Å². The van der Waals surface area contributed by atoms with Crippen molar-refractivity contribution in [2.75, 3.05) is 11.9 Å². The molecular weight excluding hydrogens is 310 g/mol. The van der Waals surface area contributed by atoms with E-state index in [1.807, 2.05) is 30.3 Å². The zero-order chi connectivity index (χ0) is 14.1. The summed E-state index contributed by atoms with van der Waals surface area (Å²) in [5.74, 6) is 0.117. The fraction of sp³-hybridized carbons (Fsp3) is 0.429. The van der Waals surface area contributed by atoms with Crippen molar-refractivity contribution in [1.82, 2.24) is 5.32 Å². The van der Waals surface area contributed by atoms with Crippen LogP contribution >= 0.6 is 15.9 Å². The molecule has 0 aliphatic rings. The first-order valence-corrected chi connectivity index (χ1v) is 7.35. The third-order valence-electron chi connectivity index (χ3n) is 2.63. The summed E-state index contributed by atoms with van der Waals surface area (Å²) >= 11 is 3.14. The maximum atomic E-state index is 11.5. The van der Waals surface area contributed by atoms with E-state index in [4.69, 9.17) is 4.74 Å². The molecule has 1 aromatic rings. The molecule has 0 fully saturated rings. The molecule has 1 unspecified atom stereocenters. The van der Waals surface area contributed by atoms with Crippen LogP contribution in [0.4, 0.5) is 4.79 Å². The molecule has 4 nitrogen and oxygen atoms in total. The quantitative estimate of drug-likeness (QED) is 0.782. The van der Waals surface area contributed by atoms with E-state index in [1.165, 1.54) is 0 Å². The van der Waals surface area contributed by atoms with Gasteiger partial charge in [-0.3, -0.25) is 4.79 Å². The zero-order valence-corrected chi connectivity index (χ0v) is 12.5. The third kappa shape index (κ3) is 5.87. The molecule has 0 radical (unpaired) electrons. The van der Waals surface area contributed by atoms with E-state index >= 15 is 0 Å². The van der Waals surface area contributed by atoms with Gasteiger partial charge in [0.1, 0.15) is 5.78 Å². The highest BCUT2D eigenvalue weighted by molar-refractivity contribution is 9.09. The maximum absolute atomic E-state index is 11.5. The number of alkyl halides is 1. The first kappa shape index (κ1) is 15.7. The number of alkyl carbamates (subject to hydrolysis) is 1. The second kappa shape index (κ2) is 8.69. The Kier molecular flexibility index (Phi) is 7.18. The van der Waals surface area contributed by atoms with Crippen molar-refractivity contribution in [3.63, 3.8) is 0 Å². The minimum atomic E-state index is -0.456. The normalized spacial score (nSPS) is 11.7. The van der Waals surface area contributed by atoms with Crippen LogP contribution in [0, 0.1) is 0 Å². The summed E-state index contributed by atoms with van der Waals surface area (Å²) in [6, 6.07) is 9.37. The van der Waals surface area contributed by atoms with E-state index in [9.17, 15) is 9.59 Å². The molecule has 0 aliphatic carbocycles. The van der Waals surface area contributed by atoms with Crippen LogP contribution in [0.25, 0.3) is 0 Å². The van der Waals surface area contributed by atoms with Crippen LogP contribution in [-0.2, 0) is 9.53 Å². The number of rotatable bonds is 7. The Morgan fingerprint density at radius 2 is 2.00 bits per heavy atom. The van der Waals surface area contributed by atoms with Crippen LogP contribution in [0.2, 0.25) is 0 Å². The monoisotopic (exact) mass is 327 g/mol. The number of Topliss-reactive ketones (excluding diaryl/α,β-unsaturated/α-hetero) is 1. The smallest absolute Gasteiger partial charge is 0.407 e. The van der Waals surface area contributed by atoms with Gasteiger partial charge < -0.3 is 10.1 Å². The van der Waals surface area contributed by atoms with Gasteiger partial charge in [-0.15, -0.1) is 0 Å². The van der Waals surface area contributed by atoms with Crippen molar-refractivity contribution in [2.24, 2.45) is 0 Å². The van der Waals surface area contributed by atoms with Gasteiger partial charge in [0, 0.05) is 6.42 Å². The molecule has 0 saturated carbocycles. The largest absolute Gasteiger partial charge is 0.450 e. The summed E-state index contributed by atoms with van der Waals surface area (Å²) in [4.78, 5) is 22.9. The lowest BCUT2D eigenvalue weighted by Gasteiger charge is -2.18. The molecule has 1 rings (SSSR count). The minimum Gasteiger partial charge on any atom is -0.450 e. The lowest BCUT2D eigenvalue weighted by Crippen LogP contribution is -2.29. The minimum absolute atomic E-state index is 0.117. The van der Waals surface area contributed by atoms with Gasteiger partial charge in [-0.05, 0) is 18.9 Å². The molecule has 0 bridgehead atoms. The molecule has 0 saturated heterocycles. The van der Waals surface area contributed by atoms with Crippen molar-refractivity contribution in [2.45, 2.75) is 25.8 Å². The zero-order valence-electron chi connectivity index (χ0n) is 10.9. The standard InChI is InChI=1S/C14H18BrNO3/c1-2-19-14(18)16-13(9-8-12(17)10-15)11-6-4-3-5-7-11/h3-7,13H,2,8-10H2,1H3,(H,16,18). The number of ketones is 1. The van der Waals surface area contributed by atoms with Gasteiger partial charge in [0.15, 0.2) is 0 Å². The lowest BCUT2D eigenvalue weighted by molar-refractivity contribution is -0.116. The number of nitrogens with one attached hydrogen (secondary N) is 1. The van der Waals surface area contributed by atoms with Crippen LogP contribution in [0.5, 0.6) is 0 Å². The number of ether oxygens (including phenoxy) is 1. The molecule has 1 amide bonds. The predicted molar refractivity (Wildman–Crippen MR) is 77.4 cm³/mol. The Bertz CT molecular complexity index is 408. The number of carbonyl (C=O) groups is 2. The van der Waals surface area contributed by atoms with Crippen molar-refractivity contribution in [1.29, 1.82) is 0 Å². The summed E-state index contributed by atoms with van der Waals surface area (Å²) in [6.45, 7) is 2.08. The molecule has 104 valence electrons. The average molecular weight is 328 g/mol. The number of carbonyl (C=O) groups excluding carboxylic acids is 2. The van der Waals surface area contributed by atoms with Crippen molar-refractivity contribution in [3.05, 3.63) is 35.9 Å². The second-order valence-corrected chi connectivity index (χ2v) is 4.60. The van der Waals surface area contributed by atoms with Crippen molar-refractivity contribution >= 4 is 27.8 Å². The Morgan fingerprint density at radius 1 is 1.32 bits per heavy atom. The number of halogens is 1. The molecule has 1 aromatic carbocycles.